The SMILES string of the molecule is O=C(Cn1nc(-c2ccccc2F)ccc1=O)NCCc1c[nH]c2ccc(F)cc12. The summed E-state index contributed by atoms with van der Waals surface area (Å²) in [6.45, 7) is 0.0215. The zero-order chi connectivity index (χ0) is 21.1. The van der Waals surface area contributed by atoms with Crippen molar-refractivity contribution in [3.8, 4) is 11.3 Å². The largest absolute Gasteiger partial charge is 0.361 e. The Kier molecular flexibility index (Phi) is 5.38. The van der Waals surface area contributed by atoms with Gasteiger partial charge >= 0.3 is 0 Å². The van der Waals surface area contributed by atoms with Gasteiger partial charge in [0.05, 0.1) is 5.69 Å². The topological polar surface area (TPSA) is 79.8 Å². The highest BCUT2D eigenvalue weighted by Crippen LogP contribution is 2.20. The van der Waals surface area contributed by atoms with E-state index in [2.05, 4.69) is 15.4 Å². The minimum absolute atomic E-state index is 0.248. The van der Waals surface area contributed by atoms with E-state index in [9.17, 15) is 18.4 Å². The molecule has 30 heavy (non-hydrogen) atoms. The first-order valence-electron chi connectivity index (χ1n) is 9.36. The van der Waals surface area contributed by atoms with Gasteiger partial charge in [0, 0.05) is 35.3 Å². The van der Waals surface area contributed by atoms with Crippen molar-refractivity contribution in [2.24, 2.45) is 0 Å². The molecule has 0 bridgehead atoms. The quantitative estimate of drug-likeness (QED) is 0.515. The predicted molar refractivity (Wildman–Crippen MR) is 109 cm³/mol. The molecule has 0 saturated heterocycles. The van der Waals surface area contributed by atoms with Crippen molar-refractivity contribution in [3.63, 3.8) is 0 Å². The highest BCUT2D eigenvalue weighted by Gasteiger charge is 2.11. The highest BCUT2D eigenvalue weighted by atomic mass is 19.1. The Bertz CT molecular complexity index is 1280. The number of nitrogens with zero attached hydrogens (tertiary/aromatic N) is 2. The molecule has 2 N–H and O–H groups in total. The normalized spacial score (nSPS) is 11.0. The van der Waals surface area contributed by atoms with Crippen LogP contribution in [0.3, 0.4) is 0 Å². The first kappa shape index (κ1) is 19.5. The van der Waals surface area contributed by atoms with Gasteiger partial charge in [-0.3, -0.25) is 9.59 Å². The van der Waals surface area contributed by atoms with Gasteiger partial charge < -0.3 is 10.3 Å². The maximum absolute atomic E-state index is 14.0. The number of hydrogen-bond donors (Lipinski definition) is 2. The number of amides is 1. The van der Waals surface area contributed by atoms with Crippen LogP contribution >= 0.6 is 0 Å². The summed E-state index contributed by atoms with van der Waals surface area (Å²) in [5.41, 5.74) is 1.75. The van der Waals surface area contributed by atoms with Gasteiger partial charge in [0.1, 0.15) is 18.2 Å². The van der Waals surface area contributed by atoms with Crippen LogP contribution < -0.4 is 10.9 Å². The van der Waals surface area contributed by atoms with Crippen molar-refractivity contribution in [1.29, 1.82) is 0 Å². The van der Waals surface area contributed by atoms with Gasteiger partial charge in [-0.25, -0.2) is 13.5 Å². The van der Waals surface area contributed by atoms with Gasteiger partial charge in [0.25, 0.3) is 5.56 Å². The van der Waals surface area contributed by atoms with E-state index in [1.54, 1.807) is 30.5 Å². The molecule has 0 spiro atoms. The maximum Gasteiger partial charge on any atom is 0.267 e. The van der Waals surface area contributed by atoms with E-state index in [0.717, 1.165) is 21.1 Å². The molecule has 2 aromatic carbocycles. The molecule has 0 aliphatic rings. The van der Waals surface area contributed by atoms with E-state index >= 15 is 0 Å². The predicted octanol–water partition coefficient (Wildman–Crippen LogP) is 3.03. The standard InChI is InChI=1S/C22H18F2N4O2/c23-15-5-6-19-17(11-15)14(12-26-19)9-10-25-21(29)13-28-22(30)8-7-20(27-28)16-3-1-2-4-18(16)24/h1-8,11-12,26H,9-10,13H2,(H,25,29). The van der Waals surface area contributed by atoms with E-state index in [1.807, 2.05) is 0 Å². The van der Waals surface area contributed by atoms with Crippen LogP contribution in [0.2, 0.25) is 0 Å². The molecule has 0 aliphatic carbocycles. The molecule has 1 amide bonds. The van der Waals surface area contributed by atoms with Crippen LogP contribution in [-0.2, 0) is 17.8 Å². The summed E-state index contributed by atoms with van der Waals surface area (Å²) in [7, 11) is 0. The molecule has 0 unspecified atom stereocenters. The minimum atomic E-state index is -0.463. The molecule has 0 aliphatic heterocycles. The fourth-order valence-electron chi connectivity index (χ4n) is 3.26. The number of rotatable bonds is 6. The Morgan fingerprint density at radius 2 is 1.93 bits per heavy atom. The number of carbonyl (C=O) groups is 1. The molecule has 152 valence electrons. The number of hydrogen-bond acceptors (Lipinski definition) is 3. The molecular weight excluding hydrogens is 390 g/mol. The fraction of sp³-hybridized carbons (Fsp3) is 0.136. The average Bonchev–Trinajstić information content (AvgIpc) is 3.12. The third-order valence-electron chi connectivity index (χ3n) is 4.76. The van der Waals surface area contributed by atoms with Crippen LogP contribution in [0.1, 0.15) is 5.56 Å². The first-order valence-corrected chi connectivity index (χ1v) is 9.36. The van der Waals surface area contributed by atoms with Crippen LogP contribution in [0.15, 0.2) is 65.6 Å². The van der Waals surface area contributed by atoms with Crippen molar-refractivity contribution >= 4 is 16.8 Å². The lowest BCUT2D eigenvalue weighted by Gasteiger charge is -2.09. The molecule has 0 saturated carbocycles. The molecule has 8 heteroatoms. The Hall–Kier alpha value is -3.81. The summed E-state index contributed by atoms with van der Waals surface area (Å²) in [5.74, 6) is -1.19. The molecule has 2 heterocycles. The molecule has 0 fully saturated rings. The second kappa shape index (κ2) is 8.28. The number of H-pyrrole nitrogens is 1. The number of fused-ring (bicyclic) bond motifs is 1. The summed E-state index contributed by atoms with van der Waals surface area (Å²) in [5, 5.41) is 7.60. The van der Waals surface area contributed by atoms with Crippen molar-refractivity contribution in [2.45, 2.75) is 13.0 Å². The second-order valence-electron chi connectivity index (χ2n) is 6.80. The van der Waals surface area contributed by atoms with Crippen LogP contribution in [0.4, 0.5) is 8.78 Å². The molecule has 6 nitrogen and oxygen atoms in total. The Labute approximate surface area is 170 Å². The number of benzene rings is 2. The van der Waals surface area contributed by atoms with Crippen LogP contribution in [0.25, 0.3) is 22.2 Å². The minimum Gasteiger partial charge on any atom is -0.361 e. The van der Waals surface area contributed by atoms with Gasteiger partial charge in [0.15, 0.2) is 0 Å². The van der Waals surface area contributed by atoms with Gasteiger partial charge in [-0.1, -0.05) is 12.1 Å². The van der Waals surface area contributed by atoms with Crippen LogP contribution in [0.5, 0.6) is 0 Å². The average molecular weight is 408 g/mol. The number of aromatic amines is 1. The molecule has 2 aromatic heterocycles. The third kappa shape index (κ3) is 4.12. The summed E-state index contributed by atoms with van der Waals surface area (Å²) in [6.07, 6.45) is 2.27. The number of aromatic nitrogens is 3. The summed E-state index contributed by atoms with van der Waals surface area (Å²) in [6, 6.07) is 13.2. The van der Waals surface area contributed by atoms with E-state index in [1.165, 1.54) is 30.3 Å². The monoisotopic (exact) mass is 408 g/mol. The fourth-order valence-corrected chi connectivity index (χ4v) is 3.26. The van der Waals surface area contributed by atoms with Gasteiger partial charge in [0.2, 0.25) is 5.91 Å². The van der Waals surface area contributed by atoms with E-state index in [4.69, 9.17) is 0 Å². The van der Waals surface area contributed by atoms with E-state index < -0.39 is 17.3 Å². The lowest BCUT2D eigenvalue weighted by atomic mass is 10.1. The summed E-state index contributed by atoms with van der Waals surface area (Å²) in [4.78, 5) is 27.4. The summed E-state index contributed by atoms with van der Waals surface area (Å²) >= 11 is 0. The van der Waals surface area contributed by atoms with Crippen molar-refractivity contribution < 1.29 is 13.6 Å². The van der Waals surface area contributed by atoms with Crippen molar-refractivity contribution in [3.05, 3.63) is 88.3 Å². The van der Waals surface area contributed by atoms with Crippen LogP contribution in [-0.4, -0.2) is 27.2 Å². The highest BCUT2D eigenvalue weighted by molar-refractivity contribution is 5.83. The first-order chi connectivity index (χ1) is 14.5. The number of carbonyl (C=O) groups excluding carboxylic acids is 1. The number of nitrogens with one attached hydrogen (secondary N) is 2. The van der Waals surface area contributed by atoms with Crippen molar-refractivity contribution in [1.82, 2.24) is 20.1 Å². The summed E-state index contributed by atoms with van der Waals surface area (Å²) < 4.78 is 28.4. The smallest absolute Gasteiger partial charge is 0.267 e. The zero-order valence-electron chi connectivity index (χ0n) is 15.9. The molecule has 4 rings (SSSR count). The second-order valence-corrected chi connectivity index (χ2v) is 6.80. The molecule has 0 radical (unpaired) electrons. The van der Waals surface area contributed by atoms with Gasteiger partial charge in [-0.2, -0.15) is 5.10 Å². The Morgan fingerprint density at radius 3 is 2.77 bits per heavy atom. The van der Waals surface area contributed by atoms with Crippen molar-refractivity contribution in [2.75, 3.05) is 6.54 Å². The van der Waals surface area contributed by atoms with Gasteiger partial charge in [-0.05, 0) is 48.4 Å². The van der Waals surface area contributed by atoms with E-state index in [0.29, 0.717) is 13.0 Å². The molecular formula is C22H18F2N4O2. The molecule has 4 aromatic rings. The Morgan fingerprint density at radius 1 is 1.10 bits per heavy atom. The van der Waals surface area contributed by atoms with E-state index in [-0.39, 0.29) is 23.6 Å². The lowest BCUT2D eigenvalue weighted by molar-refractivity contribution is -0.121. The molecule has 0 atom stereocenters. The maximum atomic E-state index is 14.0. The van der Waals surface area contributed by atoms with Crippen LogP contribution in [0, 0.1) is 11.6 Å². The van der Waals surface area contributed by atoms with Gasteiger partial charge in [-0.15, -0.1) is 0 Å². The Balaban J connectivity index is 1.41. The third-order valence-corrected chi connectivity index (χ3v) is 4.76. The zero-order valence-corrected chi connectivity index (χ0v) is 15.9. The number of halogens is 2. The lowest BCUT2D eigenvalue weighted by Crippen LogP contribution is -2.34.